The molecule has 1 aliphatic heterocycles. The molecule has 0 spiro atoms. The smallest absolute Gasteiger partial charge is 0.337 e. The van der Waals surface area contributed by atoms with Gasteiger partial charge in [0.05, 0.1) is 18.4 Å². The molecule has 2 N–H and O–H groups in total. The molecule has 1 heterocycles. The van der Waals surface area contributed by atoms with Gasteiger partial charge in [0.1, 0.15) is 5.75 Å². The average molecular weight is 432 g/mol. The largest absolute Gasteiger partial charge is 0.497 e. The van der Waals surface area contributed by atoms with Crippen LogP contribution in [0, 0.1) is 0 Å². The molecular formula is C26H29N3O3. The molecule has 0 atom stereocenters. The lowest BCUT2D eigenvalue weighted by Crippen LogP contribution is -2.29. The van der Waals surface area contributed by atoms with E-state index >= 15 is 0 Å². The van der Waals surface area contributed by atoms with E-state index in [-0.39, 0.29) is 5.56 Å². The molecule has 1 saturated heterocycles. The Hall–Kier alpha value is -3.67. The maximum atomic E-state index is 11.6. The Morgan fingerprint density at radius 1 is 0.938 bits per heavy atom. The van der Waals surface area contributed by atoms with Crippen LogP contribution in [0.3, 0.4) is 0 Å². The molecule has 32 heavy (non-hydrogen) atoms. The molecule has 6 heteroatoms. The summed E-state index contributed by atoms with van der Waals surface area (Å²) in [6.07, 6.45) is 3.87. The van der Waals surface area contributed by atoms with E-state index < -0.39 is 5.97 Å². The molecule has 1 aliphatic rings. The number of aromatic carboxylic acids is 1. The van der Waals surface area contributed by atoms with Crippen LogP contribution in [-0.2, 0) is 0 Å². The van der Waals surface area contributed by atoms with Gasteiger partial charge in [0.2, 0.25) is 0 Å². The summed E-state index contributed by atoms with van der Waals surface area (Å²) in [6.45, 7) is 2.28. The highest BCUT2D eigenvalue weighted by molar-refractivity contribution is 5.95. The maximum absolute atomic E-state index is 11.6. The van der Waals surface area contributed by atoms with Crippen molar-refractivity contribution in [2.45, 2.75) is 19.3 Å². The van der Waals surface area contributed by atoms with Gasteiger partial charge >= 0.3 is 5.97 Å². The minimum Gasteiger partial charge on any atom is -0.497 e. The third kappa shape index (κ3) is 4.80. The molecule has 0 bridgehead atoms. The summed E-state index contributed by atoms with van der Waals surface area (Å²) in [4.78, 5) is 16.2. The lowest BCUT2D eigenvalue weighted by molar-refractivity contribution is 0.0697. The number of ether oxygens (including phenoxy) is 1. The molecule has 0 aliphatic carbocycles. The van der Waals surface area contributed by atoms with Crippen molar-refractivity contribution in [2.75, 3.05) is 42.4 Å². The van der Waals surface area contributed by atoms with Gasteiger partial charge in [-0.1, -0.05) is 0 Å². The summed E-state index contributed by atoms with van der Waals surface area (Å²) in [5.41, 5.74) is 4.96. The van der Waals surface area contributed by atoms with Gasteiger partial charge in [-0.25, -0.2) is 4.79 Å². The summed E-state index contributed by atoms with van der Waals surface area (Å²) >= 11 is 0. The molecule has 0 amide bonds. The van der Waals surface area contributed by atoms with Gasteiger partial charge in [-0.15, -0.1) is 0 Å². The number of rotatable bonds is 7. The van der Waals surface area contributed by atoms with Gasteiger partial charge < -0.3 is 25.0 Å². The van der Waals surface area contributed by atoms with E-state index in [9.17, 15) is 9.90 Å². The average Bonchev–Trinajstić information content (AvgIpc) is 2.85. The Bertz CT molecular complexity index is 1060. The fourth-order valence-electron chi connectivity index (χ4n) is 4.05. The molecule has 0 aromatic heterocycles. The molecule has 3 aromatic rings. The van der Waals surface area contributed by atoms with E-state index in [1.54, 1.807) is 12.1 Å². The van der Waals surface area contributed by atoms with Gasteiger partial charge in [-0.3, -0.25) is 0 Å². The molecule has 166 valence electrons. The Balaban J connectivity index is 1.46. The van der Waals surface area contributed by atoms with Crippen LogP contribution in [0.2, 0.25) is 0 Å². The Morgan fingerprint density at radius 2 is 1.56 bits per heavy atom. The van der Waals surface area contributed by atoms with E-state index in [1.807, 2.05) is 31.3 Å². The number of carboxylic acid groups (broad SMARTS) is 1. The quantitative estimate of drug-likeness (QED) is 0.486. The van der Waals surface area contributed by atoms with Gasteiger partial charge in [0.15, 0.2) is 0 Å². The first-order chi connectivity index (χ1) is 15.5. The highest BCUT2D eigenvalue weighted by Crippen LogP contribution is 2.30. The van der Waals surface area contributed by atoms with Crippen molar-refractivity contribution in [1.82, 2.24) is 0 Å². The fraction of sp³-hybridized carbons (Fsp3) is 0.269. The topological polar surface area (TPSA) is 65.0 Å². The molecule has 3 aromatic carbocycles. The van der Waals surface area contributed by atoms with Crippen molar-refractivity contribution in [1.29, 1.82) is 0 Å². The van der Waals surface area contributed by atoms with Crippen LogP contribution in [0.5, 0.6) is 5.75 Å². The first-order valence-electron chi connectivity index (χ1n) is 10.9. The first-order valence-corrected chi connectivity index (χ1v) is 10.9. The van der Waals surface area contributed by atoms with E-state index in [2.05, 4.69) is 39.4 Å². The van der Waals surface area contributed by atoms with E-state index in [4.69, 9.17) is 4.74 Å². The number of benzene rings is 3. The van der Waals surface area contributed by atoms with Crippen LogP contribution < -0.4 is 19.9 Å². The number of nitrogens with one attached hydrogen (secondary N) is 1. The molecular weight excluding hydrogens is 402 g/mol. The van der Waals surface area contributed by atoms with Crippen molar-refractivity contribution >= 4 is 34.4 Å². The number of methoxy groups -OCH3 is 1. The summed E-state index contributed by atoms with van der Waals surface area (Å²) in [6, 6.07) is 21.6. The molecule has 0 radical (unpaired) electrons. The number of carboxylic acids is 1. The number of hydrogen-bond acceptors (Lipinski definition) is 5. The number of carbonyl (C=O) groups is 1. The summed E-state index contributed by atoms with van der Waals surface area (Å²) in [5, 5.41) is 12.7. The van der Waals surface area contributed by atoms with Gasteiger partial charge in [-0.2, -0.15) is 0 Å². The number of hydrogen-bond donors (Lipinski definition) is 2. The van der Waals surface area contributed by atoms with Crippen LogP contribution >= 0.6 is 0 Å². The van der Waals surface area contributed by atoms with Crippen molar-refractivity contribution in [3.63, 3.8) is 0 Å². The second kappa shape index (κ2) is 9.64. The van der Waals surface area contributed by atoms with Crippen LogP contribution in [0.15, 0.2) is 66.7 Å². The SMILES string of the molecule is COc1ccc(Nc2ccc(N(C)c3ccc(N4CCCCC4)cc3)cc2)c(C(=O)O)c1. The third-order valence-corrected chi connectivity index (χ3v) is 5.95. The maximum Gasteiger partial charge on any atom is 0.337 e. The van der Waals surface area contributed by atoms with Crippen molar-refractivity contribution in [3.8, 4) is 5.75 Å². The third-order valence-electron chi connectivity index (χ3n) is 5.95. The summed E-state index contributed by atoms with van der Waals surface area (Å²) in [7, 11) is 3.56. The highest BCUT2D eigenvalue weighted by Gasteiger charge is 2.13. The zero-order valence-corrected chi connectivity index (χ0v) is 18.5. The molecule has 6 nitrogen and oxygen atoms in total. The Labute approximate surface area is 189 Å². The predicted octanol–water partition coefficient (Wildman–Crippen LogP) is 5.90. The Morgan fingerprint density at radius 3 is 2.16 bits per heavy atom. The lowest BCUT2D eigenvalue weighted by atomic mass is 10.1. The van der Waals surface area contributed by atoms with Crippen molar-refractivity contribution in [3.05, 3.63) is 72.3 Å². The van der Waals surface area contributed by atoms with Crippen LogP contribution in [0.4, 0.5) is 28.4 Å². The van der Waals surface area contributed by atoms with Gasteiger partial charge in [0, 0.05) is 42.9 Å². The first kappa shape index (κ1) is 21.6. The summed E-state index contributed by atoms with van der Waals surface area (Å²) < 4.78 is 5.14. The predicted molar refractivity (Wildman–Crippen MR) is 130 cm³/mol. The molecule has 0 saturated carbocycles. The second-order valence-corrected chi connectivity index (χ2v) is 8.01. The van der Waals surface area contributed by atoms with Crippen LogP contribution in [0.25, 0.3) is 0 Å². The lowest BCUT2D eigenvalue weighted by Gasteiger charge is -2.29. The number of nitrogens with zero attached hydrogens (tertiary/aromatic N) is 2. The van der Waals surface area contributed by atoms with E-state index in [1.165, 1.54) is 38.1 Å². The van der Waals surface area contributed by atoms with Crippen molar-refractivity contribution in [2.24, 2.45) is 0 Å². The summed E-state index contributed by atoms with van der Waals surface area (Å²) in [5.74, 6) is -0.494. The van der Waals surface area contributed by atoms with Crippen LogP contribution in [-0.4, -0.2) is 38.3 Å². The molecule has 1 fully saturated rings. The van der Waals surface area contributed by atoms with E-state index in [0.29, 0.717) is 11.4 Å². The molecule has 4 rings (SSSR count). The fourth-order valence-corrected chi connectivity index (χ4v) is 4.05. The minimum absolute atomic E-state index is 0.166. The van der Waals surface area contributed by atoms with Gasteiger partial charge in [0.25, 0.3) is 0 Å². The van der Waals surface area contributed by atoms with Gasteiger partial charge in [-0.05, 0) is 86.0 Å². The monoisotopic (exact) mass is 431 g/mol. The molecule has 0 unspecified atom stereocenters. The number of piperidine rings is 1. The Kier molecular flexibility index (Phi) is 6.50. The normalized spacial score (nSPS) is 13.5. The zero-order chi connectivity index (χ0) is 22.5. The highest BCUT2D eigenvalue weighted by atomic mass is 16.5. The standard InChI is InChI=1S/C26H29N3O3/c1-28(21-10-12-22(13-11-21)29-16-4-3-5-17-29)20-8-6-19(7-9-20)27-25-15-14-23(32-2)18-24(25)26(30)31/h6-15,18,27H,3-5,16-17H2,1-2H3,(H,30,31). The van der Waals surface area contributed by atoms with Crippen molar-refractivity contribution < 1.29 is 14.6 Å². The second-order valence-electron chi connectivity index (χ2n) is 8.01. The number of anilines is 5. The van der Waals surface area contributed by atoms with Crippen LogP contribution in [0.1, 0.15) is 29.6 Å². The minimum atomic E-state index is -1.00. The van der Waals surface area contributed by atoms with E-state index in [0.717, 1.165) is 30.2 Å². The zero-order valence-electron chi connectivity index (χ0n) is 18.5.